The van der Waals surface area contributed by atoms with Gasteiger partial charge in [0.05, 0.1) is 7.11 Å². The fourth-order valence-electron chi connectivity index (χ4n) is 3.03. The van der Waals surface area contributed by atoms with E-state index in [4.69, 9.17) is 4.74 Å². The van der Waals surface area contributed by atoms with Crippen LogP contribution >= 0.6 is 0 Å². The number of para-hydroxylation sites is 1. The molecule has 0 bridgehead atoms. The van der Waals surface area contributed by atoms with E-state index in [-0.39, 0.29) is 16.6 Å². The van der Waals surface area contributed by atoms with Gasteiger partial charge in [-0.3, -0.25) is 0 Å². The number of halogens is 1. The number of hydrogen-bond acceptors (Lipinski definition) is 4. The number of methoxy groups -OCH3 is 1. The van der Waals surface area contributed by atoms with Gasteiger partial charge in [-0.25, -0.2) is 17.5 Å². The van der Waals surface area contributed by atoms with Crippen LogP contribution in [-0.2, 0) is 10.0 Å². The highest BCUT2D eigenvalue weighted by Crippen LogP contribution is 2.25. The second-order valence-electron chi connectivity index (χ2n) is 6.08. The molecule has 2 aromatic rings. The lowest BCUT2D eigenvalue weighted by Gasteiger charge is -2.19. The summed E-state index contributed by atoms with van der Waals surface area (Å²) >= 11 is 0. The lowest BCUT2D eigenvalue weighted by atomic mass is 10.1. The number of hydrogen-bond donors (Lipinski definition) is 1. The largest absolute Gasteiger partial charge is 0.495 e. The molecule has 1 heterocycles. The van der Waals surface area contributed by atoms with E-state index >= 15 is 0 Å². The lowest BCUT2D eigenvalue weighted by Crippen LogP contribution is -2.31. The summed E-state index contributed by atoms with van der Waals surface area (Å²) in [5.41, 5.74) is 0.955. The molecule has 1 unspecified atom stereocenters. The predicted molar refractivity (Wildman–Crippen MR) is 94.9 cm³/mol. The van der Waals surface area contributed by atoms with Crippen LogP contribution in [-0.4, -0.2) is 35.2 Å². The molecule has 134 valence electrons. The Balaban J connectivity index is 1.61. The Labute approximate surface area is 147 Å². The molecular formula is C18H21FN2O3S. The van der Waals surface area contributed by atoms with Crippen molar-refractivity contribution >= 4 is 15.7 Å². The summed E-state index contributed by atoms with van der Waals surface area (Å²) in [5, 5.41) is 0. The van der Waals surface area contributed by atoms with E-state index in [1.807, 2.05) is 0 Å². The van der Waals surface area contributed by atoms with Crippen molar-refractivity contribution in [1.82, 2.24) is 4.72 Å². The van der Waals surface area contributed by atoms with Crippen LogP contribution in [0.25, 0.3) is 0 Å². The standard InChI is InChI=1S/C18H21FN2O3S/c1-24-17-4-2-3-5-18(17)25(22,23)20-12-14-10-11-21(13-14)16-8-6-15(19)7-9-16/h2-9,14,20H,10-13H2,1H3. The number of nitrogens with zero attached hydrogens (tertiary/aromatic N) is 1. The quantitative estimate of drug-likeness (QED) is 0.856. The second kappa shape index (κ2) is 7.41. The van der Waals surface area contributed by atoms with Gasteiger partial charge >= 0.3 is 0 Å². The maximum atomic E-state index is 13.0. The molecule has 2 aromatic carbocycles. The number of nitrogens with one attached hydrogen (secondary N) is 1. The van der Waals surface area contributed by atoms with Gasteiger partial charge in [0.25, 0.3) is 0 Å². The first-order valence-corrected chi connectivity index (χ1v) is 9.61. The van der Waals surface area contributed by atoms with Gasteiger partial charge in [0.1, 0.15) is 16.5 Å². The highest BCUT2D eigenvalue weighted by Gasteiger charge is 2.26. The van der Waals surface area contributed by atoms with E-state index < -0.39 is 10.0 Å². The van der Waals surface area contributed by atoms with Crippen molar-refractivity contribution in [3.8, 4) is 5.75 Å². The van der Waals surface area contributed by atoms with Crippen LogP contribution in [0.5, 0.6) is 5.75 Å². The van der Waals surface area contributed by atoms with Crippen molar-refractivity contribution < 1.29 is 17.5 Å². The SMILES string of the molecule is COc1ccccc1S(=O)(=O)NCC1CCN(c2ccc(F)cc2)C1. The van der Waals surface area contributed by atoms with Gasteiger partial charge in [-0.05, 0) is 48.7 Å². The molecule has 25 heavy (non-hydrogen) atoms. The van der Waals surface area contributed by atoms with Crippen LogP contribution in [0.4, 0.5) is 10.1 Å². The molecule has 0 amide bonds. The molecule has 1 saturated heterocycles. The predicted octanol–water partition coefficient (Wildman–Crippen LogP) is 2.64. The summed E-state index contributed by atoms with van der Waals surface area (Å²) in [4.78, 5) is 2.28. The summed E-state index contributed by atoms with van der Waals surface area (Å²) < 4.78 is 45.9. The molecule has 0 saturated carbocycles. The Hall–Kier alpha value is -2.12. The van der Waals surface area contributed by atoms with E-state index in [2.05, 4.69) is 9.62 Å². The van der Waals surface area contributed by atoms with Crippen LogP contribution in [0.15, 0.2) is 53.4 Å². The first-order chi connectivity index (χ1) is 12.0. The molecule has 1 aliphatic heterocycles. The fraction of sp³-hybridized carbons (Fsp3) is 0.333. The van der Waals surface area contributed by atoms with E-state index in [1.165, 1.54) is 25.3 Å². The van der Waals surface area contributed by atoms with Gasteiger partial charge < -0.3 is 9.64 Å². The van der Waals surface area contributed by atoms with Crippen LogP contribution in [0.2, 0.25) is 0 Å². The van der Waals surface area contributed by atoms with Gasteiger partial charge in [-0.2, -0.15) is 0 Å². The van der Waals surface area contributed by atoms with Crippen LogP contribution in [0.1, 0.15) is 6.42 Å². The molecule has 1 aliphatic rings. The monoisotopic (exact) mass is 364 g/mol. The minimum Gasteiger partial charge on any atom is -0.495 e. The average Bonchev–Trinajstić information content (AvgIpc) is 3.10. The van der Waals surface area contributed by atoms with E-state index in [0.717, 1.165) is 25.2 Å². The smallest absolute Gasteiger partial charge is 0.244 e. The van der Waals surface area contributed by atoms with Crippen molar-refractivity contribution in [2.24, 2.45) is 5.92 Å². The van der Waals surface area contributed by atoms with Crippen molar-refractivity contribution in [3.63, 3.8) is 0 Å². The maximum Gasteiger partial charge on any atom is 0.244 e. The zero-order valence-electron chi connectivity index (χ0n) is 14.0. The van der Waals surface area contributed by atoms with Crippen LogP contribution < -0.4 is 14.4 Å². The first-order valence-electron chi connectivity index (χ1n) is 8.13. The topological polar surface area (TPSA) is 58.6 Å². The molecule has 1 fully saturated rings. The van der Waals surface area contributed by atoms with Crippen LogP contribution in [0.3, 0.4) is 0 Å². The number of benzene rings is 2. The first kappa shape index (κ1) is 17.7. The van der Waals surface area contributed by atoms with Crippen LogP contribution in [0, 0.1) is 11.7 Å². The Morgan fingerprint density at radius 1 is 1.20 bits per heavy atom. The molecule has 0 aromatic heterocycles. The third kappa shape index (κ3) is 4.11. The Kier molecular flexibility index (Phi) is 5.24. The molecule has 0 aliphatic carbocycles. The molecule has 0 radical (unpaired) electrons. The molecule has 1 N–H and O–H groups in total. The van der Waals surface area contributed by atoms with Crippen molar-refractivity contribution in [3.05, 3.63) is 54.3 Å². The minimum atomic E-state index is -3.62. The van der Waals surface area contributed by atoms with Gasteiger partial charge in [0, 0.05) is 25.3 Å². The van der Waals surface area contributed by atoms with Gasteiger partial charge in [-0.15, -0.1) is 0 Å². The minimum absolute atomic E-state index is 0.144. The highest BCUT2D eigenvalue weighted by molar-refractivity contribution is 7.89. The number of anilines is 1. The Morgan fingerprint density at radius 3 is 2.64 bits per heavy atom. The van der Waals surface area contributed by atoms with Crippen molar-refractivity contribution in [2.75, 3.05) is 31.6 Å². The van der Waals surface area contributed by atoms with E-state index in [1.54, 1.807) is 30.3 Å². The highest BCUT2D eigenvalue weighted by atomic mass is 32.2. The number of ether oxygens (including phenoxy) is 1. The summed E-state index contributed by atoms with van der Waals surface area (Å²) in [7, 11) is -2.17. The van der Waals surface area contributed by atoms with E-state index in [0.29, 0.717) is 12.3 Å². The van der Waals surface area contributed by atoms with Gasteiger partial charge in [0.15, 0.2) is 0 Å². The molecule has 3 rings (SSSR count). The Bertz CT molecular complexity index is 824. The molecule has 7 heteroatoms. The maximum absolute atomic E-state index is 13.0. The fourth-order valence-corrected chi connectivity index (χ4v) is 4.32. The zero-order valence-corrected chi connectivity index (χ0v) is 14.8. The summed E-state index contributed by atoms with van der Waals surface area (Å²) in [6.07, 6.45) is 0.881. The van der Waals surface area contributed by atoms with Gasteiger partial charge in [-0.1, -0.05) is 12.1 Å². The van der Waals surface area contributed by atoms with Crippen molar-refractivity contribution in [2.45, 2.75) is 11.3 Å². The third-order valence-electron chi connectivity index (χ3n) is 4.40. The number of sulfonamides is 1. The number of rotatable bonds is 6. The lowest BCUT2D eigenvalue weighted by molar-refractivity contribution is 0.402. The average molecular weight is 364 g/mol. The summed E-state index contributed by atoms with van der Waals surface area (Å²) in [6.45, 7) is 1.92. The second-order valence-corrected chi connectivity index (χ2v) is 7.82. The molecular weight excluding hydrogens is 343 g/mol. The third-order valence-corrected chi connectivity index (χ3v) is 5.86. The zero-order chi connectivity index (χ0) is 17.9. The van der Waals surface area contributed by atoms with Gasteiger partial charge in [0.2, 0.25) is 10.0 Å². The van der Waals surface area contributed by atoms with E-state index in [9.17, 15) is 12.8 Å². The molecule has 1 atom stereocenters. The van der Waals surface area contributed by atoms with Crippen molar-refractivity contribution in [1.29, 1.82) is 0 Å². The normalized spacial score (nSPS) is 17.7. The molecule has 0 spiro atoms. The summed E-state index contributed by atoms with van der Waals surface area (Å²) in [6, 6.07) is 12.9. The molecule has 5 nitrogen and oxygen atoms in total. The summed E-state index contributed by atoms with van der Waals surface area (Å²) in [5.74, 6) is 0.271. The Morgan fingerprint density at radius 2 is 1.92 bits per heavy atom.